The number of rotatable bonds is 3. The van der Waals surface area contributed by atoms with Crippen molar-refractivity contribution in [1.29, 1.82) is 0 Å². The summed E-state index contributed by atoms with van der Waals surface area (Å²) in [5.74, 6) is -0.183. The van der Waals surface area contributed by atoms with Crippen molar-refractivity contribution in [1.82, 2.24) is 10.2 Å². The Morgan fingerprint density at radius 1 is 1.58 bits per heavy atom. The Labute approximate surface area is 70.7 Å². The lowest BCUT2D eigenvalue weighted by Gasteiger charge is -2.10. The summed E-state index contributed by atoms with van der Waals surface area (Å²) in [5.41, 5.74) is 0. The molecule has 5 nitrogen and oxygen atoms in total. The van der Waals surface area contributed by atoms with E-state index in [0.717, 1.165) is 4.90 Å². The summed E-state index contributed by atoms with van der Waals surface area (Å²) in [6.45, 7) is 2.37. The normalized spacial score (nSPS) is 23.2. The van der Waals surface area contributed by atoms with Gasteiger partial charge >= 0.3 is 6.03 Å². The predicted molar refractivity (Wildman–Crippen MR) is 41.6 cm³/mol. The second-order valence-electron chi connectivity index (χ2n) is 2.65. The van der Waals surface area contributed by atoms with Crippen LogP contribution in [0, 0.1) is 0 Å². The molecule has 0 bridgehead atoms. The van der Waals surface area contributed by atoms with Gasteiger partial charge in [-0.25, -0.2) is 4.79 Å². The number of ether oxygens (including phenoxy) is 1. The number of carbonyl (C=O) groups is 2. The Morgan fingerprint density at radius 2 is 2.25 bits per heavy atom. The molecule has 1 aliphatic heterocycles. The lowest BCUT2D eigenvalue weighted by atomic mass is 10.3. The van der Waals surface area contributed by atoms with E-state index in [4.69, 9.17) is 4.74 Å². The zero-order valence-corrected chi connectivity index (χ0v) is 7.16. The molecule has 1 heterocycles. The van der Waals surface area contributed by atoms with Crippen molar-refractivity contribution in [3.63, 3.8) is 0 Å². The average molecular weight is 172 g/mol. The Bertz CT molecular complexity index is 205. The van der Waals surface area contributed by atoms with Crippen molar-refractivity contribution >= 4 is 11.9 Å². The molecular weight excluding hydrogens is 160 g/mol. The number of methoxy groups -OCH3 is 1. The molecule has 1 fully saturated rings. The molecule has 1 atom stereocenters. The highest BCUT2D eigenvalue weighted by atomic mass is 16.5. The van der Waals surface area contributed by atoms with Gasteiger partial charge in [-0.2, -0.15) is 0 Å². The zero-order chi connectivity index (χ0) is 9.14. The standard InChI is InChI=1S/C7H12N2O3/c1-5-6(10)9(3-4-12-2)7(11)8-5/h5H,3-4H2,1-2H3,(H,8,11)/t5-/m0/s1. The van der Waals surface area contributed by atoms with Gasteiger partial charge in [0.15, 0.2) is 0 Å². The van der Waals surface area contributed by atoms with Crippen LogP contribution in [0.3, 0.4) is 0 Å². The first-order valence-corrected chi connectivity index (χ1v) is 3.77. The van der Waals surface area contributed by atoms with Crippen LogP contribution in [-0.2, 0) is 9.53 Å². The lowest BCUT2D eigenvalue weighted by Crippen LogP contribution is -2.34. The van der Waals surface area contributed by atoms with Crippen LogP contribution in [0.1, 0.15) is 6.92 Å². The van der Waals surface area contributed by atoms with Crippen LogP contribution >= 0.6 is 0 Å². The maximum absolute atomic E-state index is 11.2. The number of hydrogen-bond acceptors (Lipinski definition) is 3. The summed E-state index contributed by atoms with van der Waals surface area (Å²) in [7, 11) is 1.53. The molecule has 0 aliphatic carbocycles. The van der Waals surface area contributed by atoms with Crippen LogP contribution in [0.2, 0.25) is 0 Å². The van der Waals surface area contributed by atoms with Crippen LogP contribution in [0.25, 0.3) is 0 Å². The minimum atomic E-state index is -0.394. The molecule has 0 saturated carbocycles. The molecule has 0 aromatic heterocycles. The molecule has 0 unspecified atom stereocenters. The number of hydrogen-bond donors (Lipinski definition) is 1. The van der Waals surface area contributed by atoms with Gasteiger partial charge in [-0.3, -0.25) is 9.69 Å². The van der Waals surface area contributed by atoms with Crippen molar-refractivity contribution in [3.8, 4) is 0 Å². The molecule has 3 amide bonds. The summed E-state index contributed by atoms with van der Waals surface area (Å²) in [4.78, 5) is 23.4. The molecule has 5 heteroatoms. The van der Waals surface area contributed by atoms with E-state index >= 15 is 0 Å². The Balaban J connectivity index is 2.52. The number of imide groups is 1. The van der Waals surface area contributed by atoms with Gasteiger partial charge in [0.25, 0.3) is 5.91 Å². The third-order valence-electron chi connectivity index (χ3n) is 1.74. The summed E-state index contributed by atoms with van der Waals surface area (Å²) in [5, 5.41) is 2.51. The average Bonchev–Trinajstić information content (AvgIpc) is 2.25. The van der Waals surface area contributed by atoms with Crippen molar-refractivity contribution < 1.29 is 14.3 Å². The zero-order valence-electron chi connectivity index (χ0n) is 7.16. The Kier molecular flexibility index (Phi) is 2.65. The minimum absolute atomic E-state index is 0.183. The molecular formula is C7H12N2O3. The predicted octanol–water partition coefficient (Wildman–Crippen LogP) is -0.427. The van der Waals surface area contributed by atoms with Gasteiger partial charge in [0.05, 0.1) is 13.2 Å². The molecule has 12 heavy (non-hydrogen) atoms. The number of nitrogens with one attached hydrogen (secondary N) is 1. The first kappa shape index (κ1) is 8.99. The SMILES string of the molecule is COCCN1C(=O)N[C@@H](C)C1=O. The monoisotopic (exact) mass is 172 g/mol. The fraction of sp³-hybridized carbons (Fsp3) is 0.714. The van der Waals surface area contributed by atoms with E-state index in [1.807, 2.05) is 0 Å². The minimum Gasteiger partial charge on any atom is -0.383 e. The first-order chi connectivity index (χ1) is 5.66. The van der Waals surface area contributed by atoms with Gasteiger partial charge < -0.3 is 10.1 Å². The first-order valence-electron chi connectivity index (χ1n) is 3.77. The van der Waals surface area contributed by atoms with E-state index in [1.165, 1.54) is 7.11 Å². The van der Waals surface area contributed by atoms with Crippen molar-refractivity contribution in [2.45, 2.75) is 13.0 Å². The molecule has 1 saturated heterocycles. The lowest BCUT2D eigenvalue weighted by molar-refractivity contribution is -0.127. The van der Waals surface area contributed by atoms with Crippen molar-refractivity contribution in [2.75, 3.05) is 20.3 Å². The maximum atomic E-state index is 11.2. The van der Waals surface area contributed by atoms with E-state index in [-0.39, 0.29) is 11.9 Å². The highest BCUT2D eigenvalue weighted by Gasteiger charge is 2.34. The van der Waals surface area contributed by atoms with Crippen LogP contribution in [-0.4, -0.2) is 43.1 Å². The number of amides is 3. The molecule has 1 aliphatic rings. The van der Waals surface area contributed by atoms with Gasteiger partial charge in [-0.05, 0) is 6.92 Å². The smallest absolute Gasteiger partial charge is 0.324 e. The highest BCUT2D eigenvalue weighted by Crippen LogP contribution is 2.04. The fourth-order valence-corrected chi connectivity index (χ4v) is 1.05. The highest BCUT2D eigenvalue weighted by molar-refractivity contribution is 6.03. The molecule has 1 rings (SSSR count). The Morgan fingerprint density at radius 3 is 2.67 bits per heavy atom. The maximum Gasteiger partial charge on any atom is 0.324 e. The van der Waals surface area contributed by atoms with Gasteiger partial charge in [-0.15, -0.1) is 0 Å². The summed E-state index contributed by atoms with van der Waals surface area (Å²) < 4.78 is 4.76. The largest absolute Gasteiger partial charge is 0.383 e. The summed E-state index contributed by atoms with van der Waals surface area (Å²) in [6.07, 6.45) is 0. The molecule has 0 aromatic rings. The quantitative estimate of drug-likeness (QED) is 0.588. The third kappa shape index (κ3) is 1.55. The van der Waals surface area contributed by atoms with Gasteiger partial charge in [-0.1, -0.05) is 0 Å². The van der Waals surface area contributed by atoms with E-state index in [2.05, 4.69) is 5.32 Å². The molecule has 1 N–H and O–H groups in total. The summed E-state index contributed by atoms with van der Waals surface area (Å²) >= 11 is 0. The topological polar surface area (TPSA) is 58.6 Å². The van der Waals surface area contributed by atoms with Crippen LogP contribution < -0.4 is 5.32 Å². The van der Waals surface area contributed by atoms with Crippen molar-refractivity contribution in [3.05, 3.63) is 0 Å². The van der Waals surface area contributed by atoms with Crippen molar-refractivity contribution in [2.24, 2.45) is 0 Å². The number of urea groups is 1. The second kappa shape index (κ2) is 3.53. The number of carbonyl (C=O) groups excluding carboxylic acids is 2. The van der Waals surface area contributed by atoms with Gasteiger partial charge in [0.1, 0.15) is 6.04 Å². The number of nitrogens with zero attached hydrogens (tertiary/aromatic N) is 1. The molecule has 0 radical (unpaired) electrons. The third-order valence-corrected chi connectivity index (χ3v) is 1.74. The van der Waals surface area contributed by atoms with E-state index in [1.54, 1.807) is 6.92 Å². The summed E-state index contributed by atoms with van der Waals surface area (Å²) in [6, 6.07) is -0.723. The Hall–Kier alpha value is -1.10. The van der Waals surface area contributed by atoms with Crippen LogP contribution in [0.4, 0.5) is 4.79 Å². The molecule has 0 spiro atoms. The van der Waals surface area contributed by atoms with Gasteiger partial charge in [0.2, 0.25) is 0 Å². The van der Waals surface area contributed by atoms with E-state index in [0.29, 0.717) is 13.2 Å². The van der Waals surface area contributed by atoms with E-state index < -0.39 is 6.04 Å². The second-order valence-corrected chi connectivity index (χ2v) is 2.65. The van der Waals surface area contributed by atoms with Crippen LogP contribution in [0.5, 0.6) is 0 Å². The molecule has 68 valence electrons. The van der Waals surface area contributed by atoms with E-state index in [9.17, 15) is 9.59 Å². The van der Waals surface area contributed by atoms with Crippen LogP contribution in [0.15, 0.2) is 0 Å². The van der Waals surface area contributed by atoms with Gasteiger partial charge in [0, 0.05) is 7.11 Å². The fourth-order valence-electron chi connectivity index (χ4n) is 1.05. The molecule has 0 aromatic carbocycles.